The number of hydrogen-bond donors (Lipinski definition) is 1. The molecular formula is C10H9N3O3. The average molecular weight is 219 g/mol. The van der Waals surface area contributed by atoms with Crippen molar-refractivity contribution in [3.8, 4) is 11.4 Å². The molecule has 0 aliphatic heterocycles. The number of para-hydroxylation sites is 1. The summed E-state index contributed by atoms with van der Waals surface area (Å²) in [5.41, 5.74) is 0.557. The molecule has 6 heteroatoms. The van der Waals surface area contributed by atoms with Crippen LogP contribution in [0.5, 0.6) is 5.75 Å². The van der Waals surface area contributed by atoms with Gasteiger partial charge in [-0.15, -0.1) is 10.2 Å². The molecule has 0 saturated carbocycles. The maximum absolute atomic E-state index is 11.1. The van der Waals surface area contributed by atoms with Gasteiger partial charge in [0.1, 0.15) is 24.1 Å². The predicted octanol–water partition coefficient (Wildman–Crippen LogP) is 0.974. The van der Waals surface area contributed by atoms with Gasteiger partial charge in [-0.3, -0.25) is 4.57 Å². The van der Waals surface area contributed by atoms with Crippen molar-refractivity contribution in [3.05, 3.63) is 36.4 Å². The number of carboxylic acids is 1. The fourth-order valence-corrected chi connectivity index (χ4v) is 1.44. The van der Waals surface area contributed by atoms with Crippen molar-refractivity contribution in [1.82, 2.24) is 14.8 Å². The van der Waals surface area contributed by atoms with Gasteiger partial charge in [0.2, 0.25) is 0 Å². The third-order valence-electron chi connectivity index (χ3n) is 2.13. The lowest BCUT2D eigenvalue weighted by molar-refractivity contribution is 0.0696. The van der Waals surface area contributed by atoms with Gasteiger partial charge in [-0.25, -0.2) is 4.79 Å². The molecule has 0 aliphatic carbocycles. The first-order valence-electron chi connectivity index (χ1n) is 4.49. The van der Waals surface area contributed by atoms with Crippen molar-refractivity contribution < 1.29 is 14.6 Å². The fourth-order valence-electron chi connectivity index (χ4n) is 1.44. The Kier molecular flexibility index (Phi) is 2.55. The first-order valence-corrected chi connectivity index (χ1v) is 4.49. The van der Waals surface area contributed by atoms with Crippen molar-refractivity contribution in [1.29, 1.82) is 0 Å². The monoisotopic (exact) mass is 219 g/mol. The normalized spacial score (nSPS) is 10.1. The quantitative estimate of drug-likeness (QED) is 0.832. The fraction of sp³-hybridized carbons (Fsp3) is 0.100. The van der Waals surface area contributed by atoms with Crippen molar-refractivity contribution in [3.63, 3.8) is 0 Å². The van der Waals surface area contributed by atoms with Gasteiger partial charge in [-0.1, -0.05) is 6.07 Å². The summed E-state index contributed by atoms with van der Waals surface area (Å²) in [6, 6.07) is 4.80. The van der Waals surface area contributed by atoms with Gasteiger partial charge >= 0.3 is 5.97 Å². The largest absolute Gasteiger partial charge is 0.495 e. The van der Waals surface area contributed by atoms with Crippen LogP contribution in [0.1, 0.15) is 10.4 Å². The molecular weight excluding hydrogens is 210 g/mol. The molecule has 0 atom stereocenters. The van der Waals surface area contributed by atoms with Crippen LogP contribution in [0.4, 0.5) is 0 Å². The van der Waals surface area contributed by atoms with E-state index in [-0.39, 0.29) is 5.56 Å². The van der Waals surface area contributed by atoms with E-state index in [1.807, 2.05) is 0 Å². The Morgan fingerprint density at radius 2 is 2.06 bits per heavy atom. The minimum atomic E-state index is -1.03. The van der Waals surface area contributed by atoms with Crippen LogP contribution >= 0.6 is 0 Å². The van der Waals surface area contributed by atoms with Gasteiger partial charge in [-0.2, -0.15) is 0 Å². The van der Waals surface area contributed by atoms with Gasteiger partial charge in [0.05, 0.1) is 12.7 Å². The van der Waals surface area contributed by atoms with Crippen molar-refractivity contribution in [2.24, 2.45) is 0 Å². The number of nitrogens with zero attached hydrogens (tertiary/aromatic N) is 3. The number of carboxylic acid groups (broad SMARTS) is 1. The summed E-state index contributed by atoms with van der Waals surface area (Å²) in [4.78, 5) is 11.1. The van der Waals surface area contributed by atoms with Crippen LogP contribution in [0.3, 0.4) is 0 Å². The number of rotatable bonds is 3. The summed E-state index contributed by atoms with van der Waals surface area (Å²) in [5, 5.41) is 16.4. The van der Waals surface area contributed by atoms with E-state index in [0.29, 0.717) is 11.4 Å². The number of benzene rings is 1. The molecule has 0 spiro atoms. The summed E-state index contributed by atoms with van der Waals surface area (Å²) in [6.45, 7) is 0. The smallest absolute Gasteiger partial charge is 0.337 e. The Labute approximate surface area is 91.1 Å². The van der Waals surface area contributed by atoms with Crippen LogP contribution in [0, 0.1) is 0 Å². The zero-order valence-electron chi connectivity index (χ0n) is 8.49. The van der Waals surface area contributed by atoms with E-state index < -0.39 is 5.97 Å². The summed E-state index contributed by atoms with van der Waals surface area (Å²) < 4.78 is 6.62. The second kappa shape index (κ2) is 4.01. The SMILES string of the molecule is COc1cccc(C(=O)O)c1-n1cnnc1. The van der Waals surface area contributed by atoms with Crippen LogP contribution in [-0.2, 0) is 0 Å². The highest BCUT2D eigenvalue weighted by molar-refractivity contribution is 5.93. The number of ether oxygens (including phenoxy) is 1. The highest BCUT2D eigenvalue weighted by atomic mass is 16.5. The first-order chi connectivity index (χ1) is 7.74. The molecule has 6 nitrogen and oxygen atoms in total. The highest BCUT2D eigenvalue weighted by Gasteiger charge is 2.16. The van der Waals surface area contributed by atoms with Gasteiger partial charge in [0.25, 0.3) is 0 Å². The van der Waals surface area contributed by atoms with Gasteiger partial charge < -0.3 is 9.84 Å². The van der Waals surface area contributed by atoms with Crippen LogP contribution in [-0.4, -0.2) is 33.0 Å². The summed E-state index contributed by atoms with van der Waals surface area (Å²) in [5.74, 6) is -0.567. The van der Waals surface area contributed by atoms with E-state index in [4.69, 9.17) is 9.84 Å². The van der Waals surface area contributed by atoms with E-state index in [1.54, 1.807) is 12.1 Å². The standard InChI is InChI=1S/C10H9N3O3/c1-16-8-4-2-3-7(10(14)15)9(8)13-5-11-12-6-13/h2-6H,1H3,(H,14,15). The molecule has 0 unspecified atom stereocenters. The zero-order chi connectivity index (χ0) is 11.5. The zero-order valence-corrected chi connectivity index (χ0v) is 8.49. The van der Waals surface area contributed by atoms with Gasteiger partial charge in [0.15, 0.2) is 0 Å². The summed E-state index contributed by atoms with van der Waals surface area (Å²) in [7, 11) is 1.48. The van der Waals surface area contributed by atoms with Crippen molar-refractivity contribution >= 4 is 5.97 Å². The summed E-state index contributed by atoms with van der Waals surface area (Å²) >= 11 is 0. The Morgan fingerprint density at radius 1 is 1.38 bits per heavy atom. The molecule has 0 amide bonds. The van der Waals surface area contributed by atoms with E-state index in [9.17, 15) is 4.79 Å². The molecule has 1 N–H and O–H groups in total. The third-order valence-corrected chi connectivity index (χ3v) is 2.13. The molecule has 0 fully saturated rings. The third kappa shape index (κ3) is 1.60. The molecule has 2 rings (SSSR count). The van der Waals surface area contributed by atoms with Crippen LogP contribution in [0.15, 0.2) is 30.9 Å². The van der Waals surface area contributed by atoms with Gasteiger partial charge in [0, 0.05) is 0 Å². The first kappa shape index (κ1) is 10.2. The Morgan fingerprint density at radius 3 is 2.62 bits per heavy atom. The van der Waals surface area contributed by atoms with E-state index in [2.05, 4.69) is 10.2 Å². The van der Waals surface area contributed by atoms with Crippen LogP contribution in [0.2, 0.25) is 0 Å². The van der Waals surface area contributed by atoms with Crippen molar-refractivity contribution in [2.75, 3.05) is 7.11 Å². The average Bonchev–Trinajstić information content (AvgIpc) is 2.81. The van der Waals surface area contributed by atoms with Gasteiger partial charge in [-0.05, 0) is 12.1 Å². The lowest BCUT2D eigenvalue weighted by atomic mass is 10.1. The van der Waals surface area contributed by atoms with E-state index in [1.165, 1.54) is 30.4 Å². The lowest BCUT2D eigenvalue weighted by Gasteiger charge is -2.10. The molecule has 0 bridgehead atoms. The lowest BCUT2D eigenvalue weighted by Crippen LogP contribution is -2.06. The Balaban J connectivity index is 2.68. The number of hydrogen-bond acceptors (Lipinski definition) is 4. The van der Waals surface area contributed by atoms with Crippen LogP contribution in [0.25, 0.3) is 5.69 Å². The second-order valence-corrected chi connectivity index (χ2v) is 3.03. The number of methoxy groups -OCH3 is 1. The molecule has 1 heterocycles. The summed E-state index contributed by atoms with van der Waals surface area (Å²) in [6.07, 6.45) is 2.84. The molecule has 1 aromatic carbocycles. The number of aromatic carboxylic acids is 1. The molecule has 16 heavy (non-hydrogen) atoms. The Bertz CT molecular complexity index is 508. The molecule has 0 radical (unpaired) electrons. The topological polar surface area (TPSA) is 77.2 Å². The number of carbonyl (C=O) groups is 1. The predicted molar refractivity (Wildman–Crippen MR) is 54.9 cm³/mol. The maximum atomic E-state index is 11.1. The number of aromatic nitrogens is 3. The molecule has 0 aliphatic rings. The van der Waals surface area contributed by atoms with Crippen molar-refractivity contribution in [2.45, 2.75) is 0 Å². The van der Waals surface area contributed by atoms with E-state index in [0.717, 1.165) is 0 Å². The minimum absolute atomic E-state index is 0.138. The molecule has 2 aromatic rings. The maximum Gasteiger partial charge on any atom is 0.337 e. The minimum Gasteiger partial charge on any atom is -0.495 e. The van der Waals surface area contributed by atoms with E-state index >= 15 is 0 Å². The molecule has 0 saturated heterocycles. The second-order valence-electron chi connectivity index (χ2n) is 3.03. The molecule has 82 valence electrons. The highest BCUT2D eigenvalue weighted by Crippen LogP contribution is 2.26. The molecule has 1 aromatic heterocycles. The van der Waals surface area contributed by atoms with Crippen LogP contribution < -0.4 is 4.74 Å². The Hall–Kier alpha value is -2.37.